The second kappa shape index (κ2) is 8.71. The summed E-state index contributed by atoms with van der Waals surface area (Å²) in [6, 6.07) is 6.07. The Kier molecular flexibility index (Phi) is 6.64. The number of hydrogen-bond donors (Lipinski definition) is 2. The molecule has 1 fully saturated rings. The summed E-state index contributed by atoms with van der Waals surface area (Å²) in [5.74, 6) is 0.222. The second-order valence-electron chi connectivity index (χ2n) is 6.64. The minimum Gasteiger partial charge on any atom is -0.352 e. The van der Waals surface area contributed by atoms with Crippen LogP contribution < -0.4 is 11.1 Å². The first-order valence-electron chi connectivity index (χ1n) is 8.89. The van der Waals surface area contributed by atoms with Gasteiger partial charge in [-0.1, -0.05) is 18.2 Å². The number of rotatable bonds is 6. The van der Waals surface area contributed by atoms with E-state index in [0.29, 0.717) is 13.0 Å². The lowest BCUT2D eigenvalue weighted by atomic mass is 9.90. The van der Waals surface area contributed by atoms with Crippen LogP contribution in [-0.4, -0.2) is 29.9 Å². The molecular formula is C19H29N3O2. The molecule has 0 saturated carbocycles. The molecule has 24 heavy (non-hydrogen) atoms. The van der Waals surface area contributed by atoms with E-state index in [1.54, 1.807) is 0 Å². The normalized spacial score (nSPS) is 17.6. The number of nitrogens with two attached hydrogens (primary N) is 1. The number of nitrogens with one attached hydrogen (secondary N) is 1. The third kappa shape index (κ3) is 4.73. The monoisotopic (exact) mass is 331 g/mol. The lowest BCUT2D eigenvalue weighted by Gasteiger charge is -2.37. The van der Waals surface area contributed by atoms with E-state index in [-0.39, 0.29) is 11.9 Å². The summed E-state index contributed by atoms with van der Waals surface area (Å²) in [4.78, 5) is 25.4. The Hall–Kier alpha value is -2.04. The van der Waals surface area contributed by atoms with Gasteiger partial charge in [-0.15, -0.1) is 0 Å². The van der Waals surface area contributed by atoms with Crippen LogP contribution in [-0.2, 0) is 4.79 Å². The molecule has 5 heteroatoms. The van der Waals surface area contributed by atoms with Gasteiger partial charge in [0.1, 0.15) is 0 Å². The average Bonchev–Trinajstić information content (AvgIpc) is 2.56. The SMILES string of the molecule is Cc1cccc(C2CCCCN2C(=O)CCCCNC(N)=O)c1C. The van der Waals surface area contributed by atoms with Crippen molar-refractivity contribution >= 4 is 11.9 Å². The van der Waals surface area contributed by atoms with Crippen molar-refractivity contribution in [1.29, 1.82) is 0 Å². The molecule has 132 valence electrons. The predicted molar refractivity (Wildman–Crippen MR) is 95.7 cm³/mol. The number of piperidine rings is 1. The first-order chi connectivity index (χ1) is 11.5. The fourth-order valence-corrected chi connectivity index (χ4v) is 3.44. The zero-order valence-corrected chi connectivity index (χ0v) is 14.8. The molecule has 1 atom stereocenters. The zero-order valence-electron chi connectivity index (χ0n) is 14.8. The van der Waals surface area contributed by atoms with Crippen molar-refractivity contribution in [3.8, 4) is 0 Å². The number of urea groups is 1. The molecule has 1 saturated heterocycles. The third-order valence-corrected chi connectivity index (χ3v) is 4.95. The summed E-state index contributed by atoms with van der Waals surface area (Å²) < 4.78 is 0. The quantitative estimate of drug-likeness (QED) is 0.786. The molecular weight excluding hydrogens is 302 g/mol. The second-order valence-corrected chi connectivity index (χ2v) is 6.64. The van der Waals surface area contributed by atoms with E-state index in [1.807, 2.05) is 0 Å². The minimum atomic E-state index is -0.507. The van der Waals surface area contributed by atoms with Gasteiger partial charge in [-0.05, 0) is 62.6 Å². The van der Waals surface area contributed by atoms with Gasteiger partial charge in [-0.2, -0.15) is 0 Å². The van der Waals surface area contributed by atoms with Crippen LogP contribution in [0.4, 0.5) is 4.79 Å². The molecule has 0 aromatic heterocycles. The number of carbonyl (C=O) groups excluding carboxylic acids is 2. The summed E-state index contributed by atoms with van der Waals surface area (Å²) in [5.41, 5.74) is 8.90. The smallest absolute Gasteiger partial charge is 0.312 e. The van der Waals surface area contributed by atoms with Crippen molar-refractivity contribution in [3.05, 3.63) is 34.9 Å². The number of amides is 3. The highest BCUT2D eigenvalue weighted by Gasteiger charge is 2.28. The van der Waals surface area contributed by atoms with Crippen LogP contribution in [0.25, 0.3) is 0 Å². The fraction of sp³-hybridized carbons (Fsp3) is 0.579. The molecule has 1 aromatic rings. The van der Waals surface area contributed by atoms with E-state index in [2.05, 4.69) is 42.3 Å². The molecule has 5 nitrogen and oxygen atoms in total. The van der Waals surface area contributed by atoms with Crippen molar-refractivity contribution in [2.24, 2.45) is 5.73 Å². The zero-order chi connectivity index (χ0) is 17.5. The van der Waals surface area contributed by atoms with Gasteiger partial charge < -0.3 is 16.0 Å². The molecule has 0 spiro atoms. The Labute approximate surface area is 144 Å². The predicted octanol–water partition coefficient (Wildman–Crippen LogP) is 3.20. The molecule has 0 aliphatic carbocycles. The van der Waals surface area contributed by atoms with Crippen LogP contribution in [0, 0.1) is 13.8 Å². The van der Waals surface area contributed by atoms with E-state index in [4.69, 9.17) is 5.73 Å². The van der Waals surface area contributed by atoms with Crippen LogP contribution in [0.15, 0.2) is 18.2 Å². The Morgan fingerprint density at radius 2 is 2.04 bits per heavy atom. The average molecular weight is 331 g/mol. The van der Waals surface area contributed by atoms with Gasteiger partial charge in [-0.3, -0.25) is 4.79 Å². The molecule has 1 heterocycles. The Balaban J connectivity index is 1.97. The Morgan fingerprint density at radius 1 is 1.25 bits per heavy atom. The number of aryl methyl sites for hydroxylation is 1. The highest BCUT2D eigenvalue weighted by Crippen LogP contribution is 2.34. The van der Waals surface area contributed by atoms with E-state index < -0.39 is 6.03 Å². The number of likely N-dealkylation sites (tertiary alicyclic amines) is 1. The molecule has 1 unspecified atom stereocenters. The lowest BCUT2D eigenvalue weighted by Crippen LogP contribution is -2.38. The summed E-state index contributed by atoms with van der Waals surface area (Å²) in [6.07, 6.45) is 5.37. The van der Waals surface area contributed by atoms with Gasteiger partial charge >= 0.3 is 6.03 Å². The summed E-state index contributed by atoms with van der Waals surface area (Å²) in [7, 11) is 0. The molecule has 3 N–H and O–H groups in total. The third-order valence-electron chi connectivity index (χ3n) is 4.95. The first-order valence-corrected chi connectivity index (χ1v) is 8.89. The Bertz CT molecular complexity index is 586. The maximum absolute atomic E-state index is 12.7. The van der Waals surface area contributed by atoms with Crippen LogP contribution in [0.5, 0.6) is 0 Å². The molecule has 1 aliphatic rings. The number of carbonyl (C=O) groups is 2. The molecule has 3 amide bonds. The number of nitrogens with zero attached hydrogens (tertiary/aromatic N) is 1. The van der Waals surface area contributed by atoms with E-state index in [9.17, 15) is 9.59 Å². The number of benzene rings is 1. The van der Waals surface area contributed by atoms with Crippen LogP contribution in [0.3, 0.4) is 0 Å². The van der Waals surface area contributed by atoms with E-state index in [0.717, 1.165) is 32.2 Å². The number of primary amides is 1. The summed E-state index contributed by atoms with van der Waals surface area (Å²) >= 11 is 0. The lowest BCUT2D eigenvalue weighted by molar-refractivity contribution is -0.135. The van der Waals surface area contributed by atoms with Crippen molar-refractivity contribution < 1.29 is 9.59 Å². The number of hydrogen-bond acceptors (Lipinski definition) is 2. The molecule has 1 aromatic carbocycles. The molecule has 1 aliphatic heterocycles. The van der Waals surface area contributed by atoms with Gasteiger partial charge in [-0.25, -0.2) is 4.79 Å². The van der Waals surface area contributed by atoms with Crippen LogP contribution in [0.1, 0.15) is 61.3 Å². The number of unbranched alkanes of at least 4 members (excludes halogenated alkanes) is 1. The van der Waals surface area contributed by atoms with Gasteiger partial charge in [0.2, 0.25) is 5.91 Å². The van der Waals surface area contributed by atoms with Gasteiger partial charge in [0.25, 0.3) is 0 Å². The Morgan fingerprint density at radius 3 is 2.79 bits per heavy atom. The van der Waals surface area contributed by atoms with Crippen molar-refractivity contribution in [2.45, 2.75) is 58.4 Å². The highest BCUT2D eigenvalue weighted by molar-refractivity contribution is 5.77. The fourth-order valence-electron chi connectivity index (χ4n) is 3.44. The minimum absolute atomic E-state index is 0.204. The van der Waals surface area contributed by atoms with Crippen molar-refractivity contribution in [3.63, 3.8) is 0 Å². The van der Waals surface area contributed by atoms with Crippen LogP contribution in [0.2, 0.25) is 0 Å². The first kappa shape index (κ1) is 18.3. The maximum Gasteiger partial charge on any atom is 0.312 e. The van der Waals surface area contributed by atoms with Crippen molar-refractivity contribution in [2.75, 3.05) is 13.1 Å². The highest BCUT2D eigenvalue weighted by atomic mass is 16.2. The summed E-state index contributed by atoms with van der Waals surface area (Å²) in [5, 5.41) is 2.56. The van der Waals surface area contributed by atoms with E-state index >= 15 is 0 Å². The van der Waals surface area contributed by atoms with Gasteiger partial charge in [0.15, 0.2) is 0 Å². The topological polar surface area (TPSA) is 75.4 Å². The van der Waals surface area contributed by atoms with Gasteiger partial charge in [0.05, 0.1) is 6.04 Å². The maximum atomic E-state index is 12.7. The molecule has 2 rings (SSSR count). The van der Waals surface area contributed by atoms with E-state index in [1.165, 1.54) is 23.1 Å². The summed E-state index contributed by atoms with van der Waals surface area (Å²) in [6.45, 7) is 5.65. The van der Waals surface area contributed by atoms with Crippen molar-refractivity contribution in [1.82, 2.24) is 10.2 Å². The standard InChI is InChI=1S/C19H29N3O2/c1-14-8-7-9-16(15(14)2)17-10-4-6-13-22(17)18(23)11-3-5-12-21-19(20)24/h7-9,17H,3-6,10-13H2,1-2H3,(H3,20,21,24). The van der Waals surface area contributed by atoms with Crippen LogP contribution >= 0.6 is 0 Å². The molecule has 0 bridgehead atoms. The van der Waals surface area contributed by atoms with Gasteiger partial charge in [0, 0.05) is 19.5 Å². The molecule has 0 radical (unpaired) electrons. The largest absolute Gasteiger partial charge is 0.352 e.